The summed E-state index contributed by atoms with van der Waals surface area (Å²) in [4.78, 5) is 17.7. The highest BCUT2D eigenvalue weighted by Crippen LogP contribution is 2.30. The minimum Gasteiger partial charge on any atom is -0.508 e. The van der Waals surface area contributed by atoms with Gasteiger partial charge < -0.3 is 19.7 Å². The second-order valence-corrected chi connectivity index (χ2v) is 10.6. The van der Waals surface area contributed by atoms with Gasteiger partial charge in [0.2, 0.25) is 5.82 Å². The molecular formula is C32H34ClN7O3. The van der Waals surface area contributed by atoms with Gasteiger partial charge in [0.25, 0.3) is 0 Å². The number of hydrogen-bond donors (Lipinski definition) is 3. The summed E-state index contributed by atoms with van der Waals surface area (Å²) in [6.45, 7) is 2.66. The van der Waals surface area contributed by atoms with Crippen molar-refractivity contribution in [3.8, 4) is 28.3 Å². The number of aromatic nitrogens is 6. The third kappa shape index (κ3) is 7.28. The number of phenolic OH excluding ortho intramolecular Hbond substituents is 1. The maximum absolute atomic E-state index is 13.0. The van der Waals surface area contributed by atoms with Crippen LogP contribution in [0.5, 0.6) is 5.75 Å². The summed E-state index contributed by atoms with van der Waals surface area (Å²) in [6, 6.07) is 22.4. The SMILES string of the molecule is CCCCc1nc(Cl)c(COC(=O)[C@H](Cc2ccc(O)cc2)NC)n1Cc1ccc(-c2ccccc2-c2nn[nH]n2)cc1. The van der Waals surface area contributed by atoms with Crippen LogP contribution in [-0.4, -0.2) is 54.3 Å². The predicted molar refractivity (Wildman–Crippen MR) is 164 cm³/mol. The van der Waals surface area contributed by atoms with Crippen LogP contribution < -0.4 is 5.32 Å². The van der Waals surface area contributed by atoms with E-state index >= 15 is 0 Å². The fourth-order valence-electron chi connectivity index (χ4n) is 4.94. The topological polar surface area (TPSA) is 131 Å². The quantitative estimate of drug-likeness (QED) is 0.154. The fourth-order valence-corrected chi connectivity index (χ4v) is 5.20. The zero-order valence-electron chi connectivity index (χ0n) is 24.1. The number of aromatic hydroxyl groups is 1. The molecule has 10 nitrogen and oxygen atoms in total. The smallest absolute Gasteiger partial charge is 0.323 e. The lowest BCUT2D eigenvalue weighted by molar-refractivity contribution is -0.147. The van der Waals surface area contributed by atoms with Crippen molar-refractivity contribution in [2.24, 2.45) is 0 Å². The standard InChI is InChI=1S/C32H34ClN7O3/c1-3-4-9-29-35-30(33)28(20-43-32(42)27(34-2)18-21-12-16-24(41)17-13-21)40(29)19-22-10-14-23(15-11-22)25-7-5-6-8-26(25)31-36-38-39-37-31/h5-8,10-17,27,34,41H,3-4,9,18-20H2,1-2H3,(H,36,37,38,39)/t27-/m0/s1. The van der Waals surface area contributed by atoms with Crippen LogP contribution in [0, 0.1) is 0 Å². The Morgan fingerprint density at radius 2 is 1.77 bits per heavy atom. The molecule has 3 aromatic carbocycles. The largest absolute Gasteiger partial charge is 0.508 e. The zero-order chi connectivity index (χ0) is 30.2. The van der Waals surface area contributed by atoms with Gasteiger partial charge in [0.05, 0.1) is 5.69 Å². The van der Waals surface area contributed by atoms with Gasteiger partial charge >= 0.3 is 5.97 Å². The molecule has 5 aromatic rings. The molecule has 0 saturated carbocycles. The van der Waals surface area contributed by atoms with E-state index < -0.39 is 6.04 Å². The van der Waals surface area contributed by atoms with Crippen molar-refractivity contribution in [3.63, 3.8) is 0 Å². The van der Waals surface area contributed by atoms with E-state index in [1.807, 2.05) is 24.3 Å². The molecule has 11 heteroatoms. The molecular weight excluding hydrogens is 566 g/mol. The molecule has 0 aliphatic heterocycles. The number of nitrogens with one attached hydrogen (secondary N) is 2. The van der Waals surface area contributed by atoms with E-state index in [0.29, 0.717) is 29.6 Å². The van der Waals surface area contributed by atoms with Crippen LogP contribution in [0.15, 0.2) is 72.8 Å². The number of unbranched alkanes of at least 4 members (excludes halogenated alkanes) is 1. The highest BCUT2D eigenvalue weighted by atomic mass is 35.5. The van der Waals surface area contributed by atoms with E-state index in [0.717, 1.165) is 52.9 Å². The molecule has 0 amide bonds. The second-order valence-electron chi connectivity index (χ2n) is 10.3. The van der Waals surface area contributed by atoms with Crippen LogP contribution in [0.1, 0.15) is 42.4 Å². The number of phenols is 1. The van der Waals surface area contributed by atoms with Crippen LogP contribution in [0.4, 0.5) is 0 Å². The van der Waals surface area contributed by atoms with Gasteiger partial charge in [-0.15, -0.1) is 10.2 Å². The molecule has 2 aromatic heterocycles. The van der Waals surface area contributed by atoms with Gasteiger partial charge in [-0.2, -0.15) is 5.21 Å². The Bertz CT molecular complexity index is 1640. The minimum absolute atomic E-state index is 0.000703. The van der Waals surface area contributed by atoms with Gasteiger partial charge in [-0.1, -0.05) is 85.6 Å². The maximum atomic E-state index is 13.0. The number of carbonyl (C=O) groups excluding carboxylic acids is 1. The number of esters is 1. The number of halogens is 1. The average Bonchev–Trinajstić information content (AvgIpc) is 3.67. The lowest BCUT2D eigenvalue weighted by atomic mass is 9.98. The van der Waals surface area contributed by atoms with Crippen molar-refractivity contribution in [1.29, 1.82) is 0 Å². The normalized spacial score (nSPS) is 11.9. The Morgan fingerprint density at radius 1 is 1.05 bits per heavy atom. The number of benzene rings is 3. The number of aromatic amines is 1. The molecule has 0 unspecified atom stereocenters. The van der Waals surface area contributed by atoms with Gasteiger partial charge in [0, 0.05) is 18.5 Å². The minimum atomic E-state index is -0.554. The third-order valence-electron chi connectivity index (χ3n) is 7.34. The van der Waals surface area contributed by atoms with Crippen molar-refractivity contribution >= 4 is 17.6 Å². The van der Waals surface area contributed by atoms with Crippen molar-refractivity contribution < 1.29 is 14.6 Å². The highest BCUT2D eigenvalue weighted by Gasteiger charge is 2.22. The number of tetrazole rings is 1. The van der Waals surface area contributed by atoms with Crippen molar-refractivity contribution in [1.82, 2.24) is 35.5 Å². The van der Waals surface area contributed by atoms with Gasteiger partial charge in [0.15, 0.2) is 5.15 Å². The Kier molecular flexibility index (Phi) is 9.81. The molecule has 5 rings (SSSR count). The maximum Gasteiger partial charge on any atom is 0.323 e. The number of likely N-dealkylation sites (N-methyl/N-ethyl adjacent to an activating group) is 1. The van der Waals surface area contributed by atoms with E-state index in [4.69, 9.17) is 16.3 Å². The van der Waals surface area contributed by atoms with E-state index in [2.05, 4.69) is 66.7 Å². The Morgan fingerprint density at radius 3 is 2.44 bits per heavy atom. The summed E-state index contributed by atoms with van der Waals surface area (Å²) in [5, 5.41) is 27.4. The van der Waals surface area contributed by atoms with Crippen LogP contribution in [-0.2, 0) is 35.5 Å². The van der Waals surface area contributed by atoms with Crippen LogP contribution in [0.25, 0.3) is 22.5 Å². The first-order chi connectivity index (χ1) is 21.0. The Labute approximate surface area is 255 Å². The van der Waals surface area contributed by atoms with Gasteiger partial charge in [0.1, 0.15) is 24.2 Å². The number of H-pyrrole nitrogens is 1. The Balaban J connectivity index is 1.34. The molecule has 0 spiro atoms. The molecule has 1 atom stereocenters. The molecule has 0 radical (unpaired) electrons. The molecule has 0 saturated heterocycles. The first kappa shape index (κ1) is 29.9. The number of carbonyl (C=O) groups is 1. The molecule has 222 valence electrons. The van der Waals surface area contributed by atoms with E-state index in [-0.39, 0.29) is 18.3 Å². The van der Waals surface area contributed by atoms with E-state index in [1.54, 1.807) is 31.3 Å². The van der Waals surface area contributed by atoms with Gasteiger partial charge in [-0.05, 0) is 59.5 Å². The zero-order valence-corrected chi connectivity index (χ0v) is 24.9. The van der Waals surface area contributed by atoms with Crippen molar-refractivity contribution in [2.75, 3.05) is 7.05 Å². The lowest BCUT2D eigenvalue weighted by Crippen LogP contribution is -2.37. The van der Waals surface area contributed by atoms with Gasteiger partial charge in [-0.3, -0.25) is 4.79 Å². The van der Waals surface area contributed by atoms with Crippen LogP contribution >= 0.6 is 11.6 Å². The molecule has 0 aliphatic carbocycles. The molecule has 3 N–H and O–H groups in total. The average molecular weight is 600 g/mol. The fraction of sp³-hybridized carbons (Fsp3) is 0.281. The molecule has 43 heavy (non-hydrogen) atoms. The summed E-state index contributed by atoms with van der Waals surface area (Å²) in [6.07, 6.45) is 3.17. The lowest BCUT2D eigenvalue weighted by Gasteiger charge is -2.17. The highest BCUT2D eigenvalue weighted by molar-refractivity contribution is 6.30. The summed E-state index contributed by atoms with van der Waals surface area (Å²) in [5.41, 5.74) is 5.54. The number of nitrogens with zero attached hydrogens (tertiary/aromatic N) is 5. The number of hydrogen-bond acceptors (Lipinski definition) is 8. The summed E-state index contributed by atoms with van der Waals surface area (Å²) in [5.74, 6) is 1.19. The van der Waals surface area contributed by atoms with Crippen molar-refractivity contribution in [3.05, 3.63) is 101 Å². The molecule has 0 bridgehead atoms. The van der Waals surface area contributed by atoms with Crippen LogP contribution in [0.3, 0.4) is 0 Å². The van der Waals surface area contributed by atoms with E-state index in [1.165, 1.54) is 0 Å². The van der Waals surface area contributed by atoms with Crippen molar-refractivity contribution in [2.45, 2.75) is 51.8 Å². The number of rotatable bonds is 13. The summed E-state index contributed by atoms with van der Waals surface area (Å²) >= 11 is 6.63. The molecule has 0 aliphatic rings. The first-order valence-electron chi connectivity index (χ1n) is 14.2. The predicted octanol–water partition coefficient (Wildman–Crippen LogP) is 5.35. The third-order valence-corrected chi connectivity index (χ3v) is 7.64. The van der Waals surface area contributed by atoms with Gasteiger partial charge in [-0.25, -0.2) is 4.98 Å². The second kappa shape index (κ2) is 14.1. The number of ether oxygens (including phenoxy) is 1. The van der Waals surface area contributed by atoms with Crippen LogP contribution in [0.2, 0.25) is 5.15 Å². The monoisotopic (exact) mass is 599 g/mol. The summed E-state index contributed by atoms with van der Waals surface area (Å²) in [7, 11) is 1.72. The number of imidazole rings is 1. The van der Waals surface area contributed by atoms with E-state index in [9.17, 15) is 9.90 Å². The number of aryl methyl sites for hydroxylation is 1. The molecule has 0 fully saturated rings. The Hall–Kier alpha value is -4.54. The molecule has 2 heterocycles. The first-order valence-corrected chi connectivity index (χ1v) is 14.6. The summed E-state index contributed by atoms with van der Waals surface area (Å²) < 4.78 is 7.82.